The minimum atomic E-state index is -4.49. The summed E-state index contributed by atoms with van der Waals surface area (Å²) in [4.78, 5) is 11.9. The fourth-order valence-corrected chi connectivity index (χ4v) is 3.35. The lowest BCUT2D eigenvalue weighted by Gasteiger charge is -2.14. The average Bonchev–Trinajstić information content (AvgIpc) is 3.19. The third kappa shape index (κ3) is 5.71. The van der Waals surface area contributed by atoms with Gasteiger partial charge in [0.1, 0.15) is 0 Å². The molecule has 12 heteroatoms. The Morgan fingerprint density at radius 1 is 1.00 bits per heavy atom. The number of alkyl halides is 3. The third-order valence-electron chi connectivity index (χ3n) is 3.52. The molecule has 1 amide bonds. The maximum absolute atomic E-state index is 13.0. The predicted octanol–water partition coefficient (Wildman–Crippen LogP) is 5.38. The molecule has 3 rings (SSSR count). The minimum absolute atomic E-state index is 0.0551. The number of carbonyl (C=O) groups is 1. The summed E-state index contributed by atoms with van der Waals surface area (Å²) in [6.45, 7) is 0. The van der Waals surface area contributed by atoms with E-state index < -0.39 is 11.7 Å². The number of amides is 1. The number of benzene rings is 2. The van der Waals surface area contributed by atoms with E-state index in [4.69, 9.17) is 12.2 Å². The maximum atomic E-state index is 13.0. The van der Waals surface area contributed by atoms with Crippen LogP contribution < -0.4 is 16.0 Å². The molecule has 0 aliphatic rings. The van der Waals surface area contributed by atoms with Gasteiger partial charge in [0.15, 0.2) is 10.8 Å². The van der Waals surface area contributed by atoms with E-state index in [0.717, 1.165) is 17.6 Å². The van der Waals surface area contributed by atoms with E-state index in [1.54, 1.807) is 24.3 Å². The van der Waals surface area contributed by atoms with Gasteiger partial charge in [0.2, 0.25) is 0 Å². The SMILES string of the molecule is O=C(Nc1ccc(NC(=S)Nc2ccc(Br)c(C(F)(F)F)c2)cc1)c1csnn1. The van der Waals surface area contributed by atoms with E-state index in [9.17, 15) is 18.0 Å². The Morgan fingerprint density at radius 3 is 2.17 bits per heavy atom. The summed E-state index contributed by atoms with van der Waals surface area (Å²) >= 11 is 9.11. The van der Waals surface area contributed by atoms with Crippen LogP contribution in [0.1, 0.15) is 16.1 Å². The van der Waals surface area contributed by atoms with Crippen molar-refractivity contribution in [2.75, 3.05) is 16.0 Å². The smallest absolute Gasteiger partial charge is 0.332 e. The second-order valence-electron chi connectivity index (χ2n) is 5.59. The molecule has 1 aromatic heterocycles. The molecule has 0 radical (unpaired) electrons. The van der Waals surface area contributed by atoms with E-state index in [-0.39, 0.29) is 26.9 Å². The van der Waals surface area contributed by atoms with Crippen molar-refractivity contribution in [3.8, 4) is 0 Å². The van der Waals surface area contributed by atoms with Gasteiger partial charge in [-0.25, -0.2) is 0 Å². The van der Waals surface area contributed by atoms with Crippen molar-refractivity contribution >= 4 is 67.8 Å². The van der Waals surface area contributed by atoms with Gasteiger partial charge in [0, 0.05) is 26.9 Å². The van der Waals surface area contributed by atoms with Crippen LogP contribution in [0.2, 0.25) is 0 Å². The molecular weight excluding hydrogens is 491 g/mol. The molecule has 0 aliphatic heterocycles. The quantitative estimate of drug-likeness (QED) is 0.416. The largest absolute Gasteiger partial charge is 0.417 e. The number of halogens is 4. The van der Waals surface area contributed by atoms with Gasteiger partial charge in [-0.1, -0.05) is 20.4 Å². The topological polar surface area (TPSA) is 78.9 Å². The Labute approximate surface area is 180 Å². The van der Waals surface area contributed by atoms with Gasteiger partial charge in [0.25, 0.3) is 5.91 Å². The number of hydrogen-bond donors (Lipinski definition) is 3. The van der Waals surface area contributed by atoms with Crippen molar-refractivity contribution in [2.45, 2.75) is 6.18 Å². The average molecular weight is 502 g/mol. The number of thiocarbonyl (C=S) groups is 1. The molecule has 29 heavy (non-hydrogen) atoms. The maximum Gasteiger partial charge on any atom is 0.417 e. The molecule has 0 atom stereocenters. The highest BCUT2D eigenvalue weighted by Crippen LogP contribution is 2.36. The van der Waals surface area contributed by atoms with Gasteiger partial charge in [0.05, 0.1) is 5.56 Å². The summed E-state index contributed by atoms with van der Waals surface area (Å²) in [5.41, 5.74) is 0.730. The molecule has 0 unspecified atom stereocenters. The summed E-state index contributed by atoms with van der Waals surface area (Å²) in [5.74, 6) is -0.382. The summed E-state index contributed by atoms with van der Waals surface area (Å²) in [6.07, 6.45) is -4.49. The standard InChI is InChI=1S/C17H11BrF3N5OS2/c18-13-6-5-11(7-12(13)17(19,20)21)24-16(28)23-10-3-1-9(2-4-10)22-15(27)14-8-29-26-25-14/h1-8H,(H,22,27)(H2,23,24,28). The number of carbonyl (C=O) groups excluding carboxylic acids is 1. The van der Waals surface area contributed by atoms with Crippen LogP contribution in [0.15, 0.2) is 52.3 Å². The van der Waals surface area contributed by atoms with Gasteiger partial charge < -0.3 is 16.0 Å². The van der Waals surface area contributed by atoms with E-state index in [0.29, 0.717) is 11.4 Å². The number of hydrogen-bond acceptors (Lipinski definition) is 5. The van der Waals surface area contributed by atoms with Gasteiger partial charge in [-0.15, -0.1) is 5.10 Å². The number of rotatable bonds is 4. The summed E-state index contributed by atoms with van der Waals surface area (Å²) < 4.78 is 42.5. The van der Waals surface area contributed by atoms with Crippen molar-refractivity contribution in [3.63, 3.8) is 0 Å². The second kappa shape index (κ2) is 8.84. The van der Waals surface area contributed by atoms with E-state index in [2.05, 4.69) is 41.5 Å². The molecule has 3 aromatic rings. The van der Waals surface area contributed by atoms with Crippen molar-refractivity contribution in [1.82, 2.24) is 9.59 Å². The lowest BCUT2D eigenvalue weighted by atomic mass is 10.2. The monoisotopic (exact) mass is 501 g/mol. The number of nitrogens with zero attached hydrogens (tertiary/aromatic N) is 2. The highest BCUT2D eigenvalue weighted by Gasteiger charge is 2.33. The molecule has 0 fully saturated rings. The Bertz CT molecular complexity index is 1030. The fourth-order valence-electron chi connectivity index (χ4n) is 2.21. The highest BCUT2D eigenvalue weighted by molar-refractivity contribution is 9.10. The van der Waals surface area contributed by atoms with Gasteiger partial charge in [-0.2, -0.15) is 13.2 Å². The van der Waals surface area contributed by atoms with Crippen LogP contribution in [0, 0.1) is 0 Å². The number of aromatic nitrogens is 2. The molecule has 150 valence electrons. The van der Waals surface area contributed by atoms with Crippen LogP contribution in [0.4, 0.5) is 30.2 Å². The van der Waals surface area contributed by atoms with Crippen molar-refractivity contribution in [3.05, 3.63) is 63.6 Å². The minimum Gasteiger partial charge on any atom is -0.332 e. The fraction of sp³-hybridized carbons (Fsp3) is 0.0588. The summed E-state index contributed by atoms with van der Waals surface area (Å²) in [7, 11) is 0. The van der Waals surface area contributed by atoms with Crippen LogP contribution in [0.25, 0.3) is 0 Å². The lowest BCUT2D eigenvalue weighted by Crippen LogP contribution is -2.19. The zero-order valence-electron chi connectivity index (χ0n) is 14.2. The Morgan fingerprint density at radius 2 is 1.59 bits per heavy atom. The Hall–Kier alpha value is -2.57. The first-order chi connectivity index (χ1) is 13.7. The van der Waals surface area contributed by atoms with Gasteiger partial charge in [-0.3, -0.25) is 4.79 Å². The second-order valence-corrected chi connectivity index (χ2v) is 7.47. The van der Waals surface area contributed by atoms with Gasteiger partial charge >= 0.3 is 6.18 Å². The zero-order chi connectivity index (χ0) is 21.0. The molecule has 2 aromatic carbocycles. The number of nitrogens with one attached hydrogen (secondary N) is 3. The number of anilines is 3. The first kappa shape index (κ1) is 21.1. The van der Waals surface area contributed by atoms with Crippen molar-refractivity contribution < 1.29 is 18.0 Å². The third-order valence-corrected chi connectivity index (χ3v) is 4.92. The molecule has 1 heterocycles. The van der Waals surface area contributed by atoms with Crippen LogP contribution in [-0.4, -0.2) is 20.6 Å². The van der Waals surface area contributed by atoms with Crippen molar-refractivity contribution in [2.24, 2.45) is 0 Å². The normalized spacial score (nSPS) is 11.0. The van der Waals surface area contributed by atoms with Gasteiger partial charge in [-0.05, 0) is 66.2 Å². The van der Waals surface area contributed by atoms with E-state index >= 15 is 0 Å². The van der Waals surface area contributed by atoms with Crippen molar-refractivity contribution in [1.29, 1.82) is 0 Å². The predicted molar refractivity (Wildman–Crippen MR) is 113 cm³/mol. The molecule has 0 aliphatic carbocycles. The molecule has 0 saturated heterocycles. The van der Waals surface area contributed by atoms with Crippen LogP contribution in [0.5, 0.6) is 0 Å². The first-order valence-corrected chi connectivity index (χ1v) is 9.89. The molecule has 6 nitrogen and oxygen atoms in total. The lowest BCUT2D eigenvalue weighted by molar-refractivity contribution is -0.138. The first-order valence-electron chi connectivity index (χ1n) is 7.85. The Balaban J connectivity index is 1.60. The molecule has 0 bridgehead atoms. The molecule has 0 spiro atoms. The molecule has 0 saturated carbocycles. The van der Waals surface area contributed by atoms with Crippen LogP contribution >= 0.6 is 39.7 Å². The molecular formula is C17H11BrF3N5OS2. The van der Waals surface area contributed by atoms with Crippen LogP contribution in [0.3, 0.4) is 0 Å². The van der Waals surface area contributed by atoms with E-state index in [1.807, 2.05) is 0 Å². The highest BCUT2D eigenvalue weighted by atomic mass is 79.9. The summed E-state index contributed by atoms with van der Waals surface area (Å²) in [6, 6.07) is 10.3. The van der Waals surface area contributed by atoms with E-state index in [1.165, 1.54) is 17.5 Å². The Kier molecular flexibility index (Phi) is 6.45. The summed E-state index contributed by atoms with van der Waals surface area (Å²) in [5, 5.41) is 13.6. The zero-order valence-corrected chi connectivity index (χ0v) is 17.5. The molecule has 3 N–H and O–H groups in total. The van der Waals surface area contributed by atoms with Crippen LogP contribution in [-0.2, 0) is 6.18 Å².